The van der Waals surface area contributed by atoms with Crippen LogP contribution in [0.1, 0.15) is 12.8 Å². The number of amides is 1. The molecule has 8 nitrogen and oxygen atoms in total. The molecular formula is C20H21Cl2N5O3. The molecule has 0 aliphatic rings. The van der Waals surface area contributed by atoms with Crippen molar-refractivity contribution in [1.29, 1.82) is 0 Å². The minimum absolute atomic E-state index is 0.0223. The molecule has 30 heavy (non-hydrogen) atoms. The van der Waals surface area contributed by atoms with Crippen LogP contribution < -0.4 is 10.1 Å². The maximum atomic E-state index is 12.0. The molecule has 0 aliphatic heterocycles. The van der Waals surface area contributed by atoms with Crippen LogP contribution in [0.2, 0.25) is 10.0 Å². The molecule has 2 aromatic carbocycles. The van der Waals surface area contributed by atoms with Crippen LogP contribution in [0.5, 0.6) is 5.75 Å². The summed E-state index contributed by atoms with van der Waals surface area (Å²) in [5.74, 6) is 0.742. The van der Waals surface area contributed by atoms with Gasteiger partial charge in [0.2, 0.25) is 11.7 Å². The van der Waals surface area contributed by atoms with Crippen molar-refractivity contribution < 1.29 is 14.6 Å². The zero-order valence-corrected chi connectivity index (χ0v) is 17.6. The summed E-state index contributed by atoms with van der Waals surface area (Å²) in [6.45, 7) is 0.508. The number of carbonyl (C=O) groups excluding carboxylic acids is 1. The van der Waals surface area contributed by atoms with Crippen molar-refractivity contribution in [3.8, 4) is 17.1 Å². The zero-order valence-electron chi connectivity index (χ0n) is 16.0. The molecule has 0 fully saturated rings. The summed E-state index contributed by atoms with van der Waals surface area (Å²) in [7, 11) is 0. The van der Waals surface area contributed by atoms with E-state index in [-0.39, 0.29) is 30.5 Å². The van der Waals surface area contributed by atoms with Gasteiger partial charge in [0.15, 0.2) is 0 Å². The molecule has 3 rings (SSSR count). The lowest BCUT2D eigenvalue weighted by Crippen LogP contribution is -2.35. The number of aromatic nitrogens is 4. The number of aliphatic hydroxyl groups is 1. The van der Waals surface area contributed by atoms with E-state index in [2.05, 4.69) is 20.7 Å². The van der Waals surface area contributed by atoms with Crippen molar-refractivity contribution in [3.63, 3.8) is 0 Å². The Hall–Kier alpha value is -2.68. The SMILES string of the molecule is O=C(CCCn1nnc(-c2ccccc2)n1)NCC(O)COc1cccc(Cl)c1Cl. The highest BCUT2D eigenvalue weighted by Crippen LogP contribution is 2.31. The van der Waals surface area contributed by atoms with Gasteiger partial charge in [-0.25, -0.2) is 0 Å². The molecule has 0 spiro atoms. The van der Waals surface area contributed by atoms with E-state index in [0.717, 1.165) is 5.56 Å². The van der Waals surface area contributed by atoms with Crippen molar-refractivity contribution in [1.82, 2.24) is 25.5 Å². The standard InChI is InChI=1S/C20H21Cl2N5O3/c21-16-8-4-9-17(19(16)22)30-13-15(28)12-23-18(29)10-5-11-27-25-20(24-26-27)14-6-2-1-3-7-14/h1-4,6-9,15,28H,5,10-13H2,(H,23,29). The largest absolute Gasteiger partial charge is 0.489 e. The maximum absolute atomic E-state index is 12.0. The predicted octanol–water partition coefficient (Wildman–Crippen LogP) is 2.98. The molecule has 158 valence electrons. The first kappa shape index (κ1) is 22.0. The van der Waals surface area contributed by atoms with Gasteiger partial charge in [0, 0.05) is 18.5 Å². The third-order valence-electron chi connectivity index (χ3n) is 4.13. The topological polar surface area (TPSA) is 102 Å². The molecule has 3 aromatic rings. The number of nitrogens with zero attached hydrogens (tertiary/aromatic N) is 4. The predicted molar refractivity (Wildman–Crippen MR) is 113 cm³/mol. The Kier molecular flexibility index (Phi) is 8.01. The van der Waals surface area contributed by atoms with Crippen molar-refractivity contribution in [2.75, 3.05) is 13.2 Å². The van der Waals surface area contributed by atoms with Crippen LogP contribution in [0.15, 0.2) is 48.5 Å². The lowest BCUT2D eigenvalue weighted by molar-refractivity contribution is -0.121. The quantitative estimate of drug-likeness (QED) is 0.493. The fourth-order valence-corrected chi connectivity index (χ4v) is 2.93. The lowest BCUT2D eigenvalue weighted by atomic mass is 10.2. The molecule has 1 unspecified atom stereocenters. The lowest BCUT2D eigenvalue weighted by Gasteiger charge is -2.14. The first-order valence-corrected chi connectivity index (χ1v) is 10.1. The third-order valence-corrected chi connectivity index (χ3v) is 4.93. The van der Waals surface area contributed by atoms with Gasteiger partial charge in [-0.3, -0.25) is 4.79 Å². The van der Waals surface area contributed by atoms with Gasteiger partial charge in [0.25, 0.3) is 0 Å². The normalized spacial score (nSPS) is 11.8. The van der Waals surface area contributed by atoms with Crippen LogP contribution in [-0.2, 0) is 11.3 Å². The maximum Gasteiger partial charge on any atom is 0.220 e. The minimum Gasteiger partial charge on any atom is -0.489 e. The summed E-state index contributed by atoms with van der Waals surface area (Å²) in [6.07, 6.45) is -0.0637. The number of carbonyl (C=O) groups is 1. The molecule has 1 aromatic heterocycles. The Labute approximate surface area is 183 Å². The molecule has 1 atom stereocenters. The highest BCUT2D eigenvalue weighted by Gasteiger charge is 2.11. The summed E-state index contributed by atoms with van der Waals surface area (Å²) in [5.41, 5.74) is 0.886. The van der Waals surface area contributed by atoms with Crippen LogP contribution in [0.25, 0.3) is 11.4 Å². The van der Waals surface area contributed by atoms with E-state index < -0.39 is 6.10 Å². The number of aliphatic hydroxyl groups excluding tert-OH is 1. The van der Waals surface area contributed by atoms with E-state index >= 15 is 0 Å². The summed E-state index contributed by atoms with van der Waals surface area (Å²) in [6, 6.07) is 14.5. The van der Waals surface area contributed by atoms with Gasteiger partial charge < -0.3 is 15.2 Å². The van der Waals surface area contributed by atoms with Gasteiger partial charge in [0.05, 0.1) is 11.6 Å². The minimum atomic E-state index is -0.880. The number of benzene rings is 2. The van der Waals surface area contributed by atoms with Crippen LogP contribution in [0.4, 0.5) is 0 Å². The summed E-state index contributed by atoms with van der Waals surface area (Å²) < 4.78 is 5.44. The third kappa shape index (κ3) is 6.41. The highest BCUT2D eigenvalue weighted by atomic mass is 35.5. The average molecular weight is 450 g/mol. The molecule has 1 amide bonds. The van der Waals surface area contributed by atoms with Gasteiger partial charge in [-0.15, -0.1) is 10.2 Å². The Morgan fingerprint density at radius 3 is 2.77 bits per heavy atom. The average Bonchev–Trinajstić information content (AvgIpc) is 3.23. The summed E-state index contributed by atoms with van der Waals surface area (Å²) >= 11 is 11.9. The van der Waals surface area contributed by atoms with Crippen LogP contribution in [-0.4, -0.2) is 50.5 Å². The number of nitrogens with one attached hydrogen (secondary N) is 1. The second-order valence-electron chi connectivity index (χ2n) is 6.50. The van der Waals surface area contributed by atoms with Crippen molar-refractivity contribution in [2.45, 2.75) is 25.5 Å². The molecule has 2 N–H and O–H groups in total. The Bertz CT molecular complexity index is 968. The molecule has 0 saturated heterocycles. The molecule has 10 heteroatoms. The number of hydrogen-bond donors (Lipinski definition) is 2. The number of halogens is 2. The smallest absolute Gasteiger partial charge is 0.220 e. The van der Waals surface area contributed by atoms with Gasteiger partial charge in [-0.2, -0.15) is 4.80 Å². The second-order valence-corrected chi connectivity index (χ2v) is 7.28. The second kappa shape index (κ2) is 10.9. The molecule has 0 saturated carbocycles. The van der Waals surface area contributed by atoms with Gasteiger partial charge >= 0.3 is 0 Å². The van der Waals surface area contributed by atoms with E-state index in [9.17, 15) is 9.90 Å². The number of ether oxygens (including phenoxy) is 1. The molecule has 0 radical (unpaired) electrons. The monoisotopic (exact) mass is 449 g/mol. The fraction of sp³-hybridized carbons (Fsp3) is 0.300. The number of aryl methyl sites for hydroxylation is 1. The Morgan fingerprint density at radius 2 is 1.97 bits per heavy atom. The first-order valence-electron chi connectivity index (χ1n) is 9.37. The Morgan fingerprint density at radius 1 is 1.17 bits per heavy atom. The van der Waals surface area contributed by atoms with Crippen LogP contribution in [0, 0.1) is 0 Å². The van der Waals surface area contributed by atoms with Crippen molar-refractivity contribution in [2.24, 2.45) is 0 Å². The van der Waals surface area contributed by atoms with Crippen molar-refractivity contribution >= 4 is 29.1 Å². The van der Waals surface area contributed by atoms with Crippen molar-refractivity contribution in [3.05, 3.63) is 58.6 Å². The summed E-state index contributed by atoms with van der Waals surface area (Å²) in [4.78, 5) is 13.4. The van der Waals surface area contributed by atoms with E-state index in [0.29, 0.717) is 29.6 Å². The van der Waals surface area contributed by atoms with E-state index in [1.807, 2.05) is 30.3 Å². The number of tetrazole rings is 1. The van der Waals surface area contributed by atoms with E-state index in [4.69, 9.17) is 27.9 Å². The van der Waals surface area contributed by atoms with Gasteiger partial charge in [-0.05, 0) is 23.8 Å². The van der Waals surface area contributed by atoms with E-state index in [1.165, 1.54) is 4.80 Å². The van der Waals surface area contributed by atoms with Gasteiger partial charge in [0.1, 0.15) is 23.5 Å². The highest BCUT2D eigenvalue weighted by molar-refractivity contribution is 6.42. The molecule has 1 heterocycles. The molecular weight excluding hydrogens is 429 g/mol. The summed E-state index contributed by atoms with van der Waals surface area (Å²) in [5, 5.41) is 25.6. The van der Waals surface area contributed by atoms with E-state index in [1.54, 1.807) is 18.2 Å². The first-order chi connectivity index (χ1) is 14.5. The van der Waals surface area contributed by atoms with Crippen LogP contribution in [0.3, 0.4) is 0 Å². The van der Waals surface area contributed by atoms with Crippen LogP contribution >= 0.6 is 23.2 Å². The number of rotatable bonds is 10. The van der Waals surface area contributed by atoms with Gasteiger partial charge in [-0.1, -0.05) is 59.6 Å². The molecule has 0 aliphatic carbocycles. The fourth-order valence-electron chi connectivity index (χ4n) is 2.58. The molecule has 0 bridgehead atoms. The zero-order chi connectivity index (χ0) is 21.3. The Balaban J connectivity index is 1.34. The number of hydrogen-bond acceptors (Lipinski definition) is 6.